The van der Waals surface area contributed by atoms with Crippen molar-refractivity contribution in [2.45, 2.75) is 38.8 Å². The van der Waals surface area contributed by atoms with E-state index in [1.54, 1.807) is 17.0 Å². The SMILES string of the molecule is CC(C)Cn1ccnc(NC2(CCl)CC2)c1=O. The van der Waals surface area contributed by atoms with Crippen LogP contribution < -0.4 is 10.9 Å². The average molecular weight is 256 g/mol. The molecule has 2 rings (SSSR count). The zero-order valence-electron chi connectivity index (χ0n) is 10.2. The minimum absolute atomic E-state index is 0.0578. The second-order valence-corrected chi connectivity index (χ2v) is 5.43. The second kappa shape index (κ2) is 4.69. The number of nitrogens with one attached hydrogen (secondary N) is 1. The van der Waals surface area contributed by atoms with Crippen LogP contribution in [0.3, 0.4) is 0 Å². The molecule has 1 fully saturated rings. The fourth-order valence-electron chi connectivity index (χ4n) is 1.76. The lowest BCUT2D eigenvalue weighted by Crippen LogP contribution is -2.32. The highest BCUT2D eigenvalue weighted by Crippen LogP contribution is 2.38. The van der Waals surface area contributed by atoms with Crippen molar-refractivity contribution in [3.05, 3.63) is 22.7 Å². The Balaban J connectivity index is 2.20. The van der Waals surface area contributed by atoms with Crippen molar-refractivity contribution in [3.63, 3.8) is 0 Å². The lowest BCUT2D eigenvalue weighted by molar-refractivity contribution is 0.509. The standard InChI is InChI=1S/C12H18ClN3O/c1-9(2)7-16-6-5-14-10(11(16)17)15-12(8-13)3-4-12/h5-6,9H,3-4,7-8H2,1-2H3,(H,14,15). The molecule has 0 bridgehead atoms. The van der Waals surface area contributed by atoms with E-state index in [1.807, 2.05) is 0 Å². The quantitative estimate of drug-likeness (QED) is 0.820. The van der Waals surface area contributed by atoms with Crippen molar-refractivity contribution >= 4 is 17.4 Å². The summed E-state index contributed by atoms with van der Waals surface area (Å²) >= 11 is 5.88. The highest BCUT2D eigenvalue weighted by atomic mass is 35.5. The molecule has 17 heavy (non-hydrogen) atoms. The zero-order chi connectivity index (χ0) is 12.5. The van der Waals surface area contributed by atoms with Gasteiger partial charge in [0, 0.05) is 24.8 Å². The number of aromatic nitrogens is 2. The number of rotatable bonds is 5. The molecule has 0 aliphatic heterocycles. The van der Waals surface area contributed by atoms with Crippen LogP contribution in [-0.2, 0) is 6.54 Å². The summed E-state index contributed by atoms with van der Waals surface area (Å²) in [5.41, 5.74) is -0.150. The lowest BCUT2D eigenvalue weighted by atomic mass is 10.2. The first-order valence-corrected chi connectivity index (χ1v) is 6.49. The molecule has 0 radical (unpaired) electrons. The Morgan fingerprint density at radius 1 is 1.59 bits per heavy atom. The first kappa shape index (κ1) is 12.4. The van der Waals surface area contributed by atoms with Gasteiger partial charge in [0.1, 0.15) is 0 Å². The highest BCUT2D eigenvalue weighted by Gasteiger charge is 2.42. The predicted octanol–water partition coefficient (Wildman–Crippen LogP) is 2.08. The monoisotopic (exact) mass is 255 g/mol. The third-order valence-corrected chi connectivity index (χ3v) is 3.48. The number of nitrogens with zero attached hydrogens (tertiary/aromatic N) is 2. The minimum Gasteiger partial charge on any atom is -0.359 e. The van der Waals surface area contributed by atoms with Crippen molar-refractivity contribution in [2.75, 3.05) is 11.2 Å². The molecule has 0 saturated heterocycles. The summed E-state index contributed by atoms with van der Waals surface area (Å²) in [6, 6.07) is 0. The predicted molar refractivity (Wildman–Crippen MR) is 69.6 cm³/mol. The summed E-state index contributed by atoms with van der Waals surface area (Å²) in [6.45, 7) is 4.88. The normalized spacial score (nSPS) is 17.2. The van der Waals surface area contributed by atoms with E-state index >= 15 is 0 Å². The van der Waals surface area contributed by atoms with Gasteiger partial charge < -0.3 is 9.88 Å². The van der Waals surface area contributed by atoms with Crippen LogP contribution in [0.4, 0.5) is 5.82 Å². The summed E-state index contributed by atoms with van der Waals surface area (Å²) in [7, 11) is 0. The van der Waals surface area contributed by atoms with Gasteiger partial charge in [-0.1, -0.05) is 13.8 Å². The Bertz CT molecular complexity index is 451. The molecule has 0 amide bonds. The van der Waals surface area contributed by atoms with E-state index in [4.69, 9.17) is 11.6 Å². The molecule has 5 heteroatoms. The molecule has 1 N–H and O–H groups in total. The molecular weight excluding hydrogens is 238 g/mol. The van der Waals surface area contributed by atoms with E-state index in [1.165, 1.54) is 0 Å². The van der Waals surface area contributed by atoms with Crippen molar-refractivity contribution in [1.29, 1.82) is 0 Å². The van der Waals surface area contributed by atoms with Gasteiger partial charge in [0.2, 0.25) is 0 Å². The van der Waals surface area contributed by atoms with Crippen molar-refractivity contribution in [3.8, 4) is 0 Å². The number of hydrogen-bond donors (Lipinski definition) is 1. The van der Waals surface area contributed by atoms with Crippen LogP contribution in [0.25, 0.3) is 0 Å². The van der Waals surface area contributed by atoms with Crippen LogP contribution >= 0.6 is 11.6 Å². The van der Waals surface area contributed by atoms with Gasteiger partial charge in [-0.3, -0.25) is 4.79 Å². The van der Waals surface area contributed by atoms with Crippen molar-refractivity contribution in [1.82, 2.24) is 9.55 Å². The third-order valence-electron chi connectivity index (χ3n) is 2.97. The first-order chi connectivity index (χ1) is 8.06. The third kappa shape index (κ3) is 2.80. The lowest BCUT2D eigenvalue weighted by Gasteiger charge is -2.15. The molecule has 0 aromatic carbocycles. The molecule has 0 atom stereocenters. The number of halogens is 1. The van der Waals surface area contributed by atoms with E-state index in [-0.39, 0.29) is 11.1 Å². The van der Waals surface area contributed by atoms with E-state index in [2.05, 4.69) is 24.1 Å². The molecule has 1 aromatic heterocycles. The second-order valence-electron chi connectivity index (χ2n) is 5.17. The fraction of sp³-hybridized carbons (Fsp3) is 0.667. The molecule has 1 saturated carbocycles. The molecule has 1 aliphatic carbocycles. The van der Waals surface area contributed by atoms with Gasteiger partial charge in [0.05, 0.1) is 5.54 Å². The molecule has 4 nitrogen and oxygen atoms in total. The highest BCUT2D eigenvalue weighted by molar-refractivity contribution is 6.19. The Morgan fingerprint density at radius 3 is 2.82 bits per heavy atom. The molecule has 0 spiro atoms. The molecule has 1 aromatic rings. The van der Waals surface area contributed by atoms with Crippen LogP contribution in [0, 0.1) is 5.92 Å². The van der Waals surface area contributed by atoms with Gasteiger partial charge in [-0.05, 0) is 18.8 Å². The van der Waals surface area contributed by atoms with E-state index in [0.717, 1.165) is 12.8 Å². The van der Waals surface area contributed by atoms with Gasteiger partial charge in [-0.25, -0.2) is 4.98 Å². The Hall–Kier alpha value is -1.03. The maximum absolute atomic E-state index is 12.1. The number of alkyl halides is 1. The molecule has 1 aliphatic rings. The summed E-state index contributed by atoms with van der Waals surface area (Å²) in [5.74, 6) is 1.38. The van der Waals surface area contributed by atoms with Gasteiger partial charge >= 0.3 is 0 Å². The maximum Gasteiger partial charge on any atom is 0.293 e. The Kier molecular flexibility index (Phi) is 3.43. The topological polar surface area (TPSA) is 46.9 Å². The summed E-state index contributed by atoms with van der Waals surface area (Å²) in [5, 5.41) is 3.18. The van der Waals surface area contributed by atoms with Crippen LogP contribution in [-0.4, -0.2) is 21.0 Å². The van der Waals surface area contributed by atoms with E-state index in [9.17, 15) is 4.79 Å². The molecular formula is C12H18ClN3O. The Morgan fingerprint density at radius 2 is 2.29 bits per heavy atom. The minimum atomic E-state index is -0.0925. The van der Waals surface area contributed by atoms with Crippen LogP contribution in [0.1, 0.15) is 26.7 Å². The number of hydrogen-bond acceptors (Lipinski definition) is 3. The van der Waals surface area contributed by atoms with Crippen LogP contribution in [0.2, 0.25) is 0 Å². The molecule has 94 valence electrons. The summed E-state index contributed by atoms with van der Waals surface area (Å²) in [4.78, 5) is 16.2. The van der Waals surface area contributed by atoms with Crippen LogP contribution in [0.15, 0.2) is 17.2 Å². The maximum atomic E-state index is 12.1. The van der Waals surface area contributed by atoms with E-state index < -0.39 is 0 Å². The fourth-order valence-corrected chi connectivity index (χ4v) is 2.10. The Labute approximate surface area is 106 Å². The van der Waals surface area contributed by atoms with Crippen molar-refractivity contribution < 1.29 is 0 Å². The van der Waals surface area contributed by atoms with Gasteiger partial charge in [0.15, 0.2) is 5.82 Å². The van der Waals surface area contributed by atoms with Crippen LogP contribution in [0.5, 0.6) is 0 Å². The molecule has 1 heterocycles. The zero-order valence-corrected chi connectivity index (χ0v) is 11.0. The summed E-state index contributed by atoms with van der Waals surface area (Å²) < 4.78 is 1.70. The average Bonchev–Trinajstić information content (AvgIpc) is 3.04. The number of anilines is 1. The van der Waals surface area contributed by atoms with Crippen molar-refractivity contribution in [2.24, 2.45) is 5.92 Å². The van der Waals surface area contributed by atoms with Gasteiger partial charge in [-0.15, -0.1) is 11.6 Å². The first-order valence-electron chi connectivity index (χ1n) is 5.96. The smallest absolute Gasteiger partial charge is 0.293 e. The molecule has 0 unspecified atom stereocenters. The van der Waals surface area contributed by atoms with Gasteiger partial charge in [0.25, 0.3) is 5.56 Å². The largest absolute Gasteiger partial charge is 0.359 e. The summed E-state index contributed by atoms with van der Waals surface area (Å²) in [6.07, 6.45) is 5.41. The van der Waals surface area contributed by atoms with Gasteiger partial charge in [-0.2, -0.15) is 0 Å². The van der Waals surface area contributed by atoms with E-state index in [0.29, 0.717) is 24.2 Å².